The van der Waals surface area contributed by atoms with Crippen molar-refractivity contribution in [1.82, 2.24) is 4.98 Å². The second-order valence-corrected chi connectivity index (χ2v) is 20.4. The van der Waals surface area contributed by atoms with Crippen molar-refractivity contribution in [3.05, 3.63) is 16.1 Å². The van der Waals surface area contributed by atoms with Crippen LogP contribution in [0.15, 0.2) is 5.38 Å². The highest BCUT2D eigenvalue weighted by atomic mass is 35.5. The average molecular weight is 480 g/mol. The van der Waals surface area contributed by atoms with E-state index < -0.39 is 15.6 Å². The lowest BCUT2D eigenvalue weighted by molar-refractivity contribution is -0.00000733. The molecule has 1 aromatic rings. The van der Waals surface area contributed by atoms with Gasteiger partial charge in [-0.15, -0.1) is 11.3 Å². The van der Waals surface area contributed by atoms with Crippen LogP contribution in [0.4, 0.5) is 0 Å². The molecule has 0 aliphatic rings. The molecule has 1 aromatic heterocycles. The standard InChI is InChI=1S/C23H47NOPSSi.ClH/c1-10-13-16-26(7,17-14-11-2)21(15-12-3)20-19-27-22(24-20)18-25-28(8,9)23(4,5)6;/h19,21H,10-18H2,1-9H3;1H/q+1;/p-1. The van der Waals surface area contributed by atoms with Crippen LogP contribution >= 0.6 is 18.6 Å². The number of unbranched alkanes of at least 4 members (excludes halogenated alkanes) is 2. The molecule has 0 aliphatic carbocycles. The lowest BCUT2D eigenvalue weighted by Crippen LogP contribution is -3.00. The van der Waals surface area contributed by atoms with E-state index in [1.807, 2.05) is 11.3 Å². The largest absolute Gasteiger partial charge is 1.00 e. The van der Waals surface area contributed by atoms with Gasteiger partial charge in [0.05, 0.1) is 24.6 Å². The van der Waals surface area contributed by atoms with Crippen LogP contribution in [0.2, 0.25) is 18.1 Å². The number of hydrogen-bond donors (Lipinski definition) is 0. The molecule has 0 aliphatic heterocycles. The molecule has 172 valence electrons. The fraction of sp³-hybridized carbons (Fsp3) is 0.870. The number of aromatic nitrogens is 1. The molecule has 0 aromatic carbocycles. The Morgan fingerprint density at radius 1 is 1.07 bits per heavy atom. The van der Waals surface area contributed by atoms with Gasteiger partial charge in [0.2, 0.25) is 0 Å². The summed E-state index contributed by atoms with van der Waals surface area (Å²) < 4.78 is 6.44. The Morgan fingerprint density at radius 3 is 2.07 bits per heavy atom. The Morgan fingerprint density at radius 2 is 1.62 bits per heavy atom. The van der Waals surface area contributed by atoms with E-state index in [1.54, 1.807) is 0 Å². The first-order valence-corrected chi connectivity index (χ1v) is 17.9. The lowest BCUT2D eigenvalue weighted by Gasteiger charge is -2.35. The number of halogens is 1. The van der Waals surface area contributed by atoms with Crippen molar-refractivity contribution in [2.45, 2.75) is 110 Å². The number of rotatable bonds is 13. The summed E-state index contributed by atoms with van der Waals surface area (Å²) in [6, 6.07) is 0. The second kappa shape index (κ2) is 13.2. The zero-order valence-electron chi connectivity index (χ0n) is 20.6. The van der Waals surface area contributed by atoms with Gasteiger partial charge in [0.1, 0.15) is 10.7 Å². The molecule has 6 heteroatoms. The molecule has 0 fully saturated rings. The van der Waals surface area contributed by atoms with Crippen LogP contribution in [0, 0.1) is 0 Å². The van der Waals surface area contributed by atoms with Crippen LogP contribution in [0.5, 0.6) is 0 Å². The van der Waals surface area contributed by atoms with Gasteiger partial charge in [-0.05, 0) is 37.4 Å². The molecule has 0 radical (unpaired) electrons. The molecule has 0 amide bonds. The molecule has 0 bridgehead atoms. The highest BCUT2D eigenvalue weighted by Crippen LogP contribution is 2.69. The van der Waals surface area contributed by atoms with Gasteiger partial charge in [-0.2, -0.15) is 0 Å². The van der Waals surface area contributed by atoms with Gasteiger partial charge < -0.3 is 16.8 Å². The van der Waals surface area contributed by atoms with E-state index >= 15 is 0 Å². The summed E-state index contributed by atoms with van der Waals surface area (Å²) >= 11 is 1.82. The average Bonchev–Trinajstić information content (AvgIpc) is 3.08. The molecular weight excluding hydrogens is 433 g/mol. The molecule has 29 heavy (non-hydrogen) atoms. The van der Waals surface area contributed by atoms with Crippen LogP contribution < -0.4 is 12.4 Å². The number of thiazole rings is 1. The first-order chi connectivity index (χ1) is 13.0. The summed E-state index contributed by atoms with van der Waals surface area (Å²) in [5, 5.41) is 3.79. The normalized spacial score (nSPS) is 14.0. The van der Waals surface area contributed by atoms with Crippen molar-refractivity contribution >= 4 is 26.9 Å². The van der Waals surface area contributed by atoms with Gasteiger partial charge in [0.25, 0.3) is 0 Å². The Labute approximate surface area is 193 Å². The molecular formula is C23H47ClNOPSSi. The van der Waals surface area contributed by atoms with E-state index in [0.717, 1.165) is 0 Å². The van der Waals surface area contributed by atoms with Gasteiger partial charge in [0.15, 0.2) is 8.32 Å². The summed E-state index contributed by atoms with van der Waals surface area (Å²) in [6.07, 6.45) is 10.8. The first kappa shape index (κ1) is 29.5. The molecule has 0 saturated carbocycles. The third-order valence-electron chi connectivity index (χ3n) is 6.63. The fourth-order valence-corrected chi connectivity index (χ4v) is 9.99. The summed E-state index contributed by atoms with van der Waals surface area (Å²) in [7, 11) is -2.72. The van der Waals surface area contributed by atoms with Crippen molar-refractivity contribution in [3.8, 4) is 0 Å². The second-order valence-electron chi connectivity index (χ2n) is 10.2. The van der Waals surface area contributed by atoms with Crippen molar-refractivity contribution in [1.29, 1.82) is 0 Å². The van der Waals surface area contributed by atoms with Crippen molar-refractivity contribution in [3.63, 3.8) is 0 Å². The number of hydrogen-bond acceptors (Lipinski definition) is 3. The van der Waals surface area contributed by atoms with Gasteiger partial charge in [-0.3, -0.25) is 0 Å². The van der Waals surface area contributed by atoms with E-state index in [4.69, 9.17) is 9.41 Å². The number of nitrogens with zero attached hydrogens (tertiary/aromatic N) is 1. The molecule has 0 spiro atoms. The zero-order valence-corrected chi connectivity index (χ0v) is 24.1. The third-order valence-corrected chi connectivity index (χ3v) is 16.7. The molecule has 2 nitrogen and oxygen atoms in total. The summed E-state index contributed by atoms with van der Waals surface area (Å²) in [5.41, 5.74) is 2.07. The highest BCUT2D eigenvalue weighted by molar-refractivity contribution is 7.75. The maximum absolute atomic E-state index is 6.44. The predicted octanol–water partition coefficient (Wildman–Crippen LogP) is 5.76. The SMILES string of the molecule is CCCC[P+](C)(CCCC)C(CCC)c1csc(CO[Si](C)(C)C(C)(C)C)n1.[Cl-]. The van der Waals surface area contributed by atoms with Crippen molar-refractivity contribution < 1.29 is 16.8 Å². The van der Waals surface area contributed by atoms with Gasteiger partial charge in [-0.25, -0.2) is 4.98 Å². The van der Waals surface area contributed by atoms with E-state index in [0.29, 0.717) is 12.3 Å². The summed E-state index contributed by atoms with van der Waals surface area (Å²) in [6.45, 7) is 21.9. The summed E-state index contributed by atoms with van der Waals surface area (Å²) in [4.78, 5) is 5.14. The predicted molar refractivity (Wildman–Crippen MR) is 134 cm³/mol. The Hall–Kier alpha value is 0.527. The smallest absolute Gasteiger partial charge is 0.192 e. The van der Waals surface area contributed by atoms with E-state index in [9.17, 15) is 0 Å². The highest BCUT2D eigenvalue weighted by Gasteiger charge is 2.42. The molecule has 1 rings (SSSR count). The maximum Gasteiger partial charge on any atom is 0.192 e. The van der Waals surface area contributed by atoms with Crippen LogP contribution in [-0.2, 0) is 11.0 Å². The minimum Gasteiger partial charge on any atom is -1.00 e. The molecule has 0 N–H and O–H groups in total. The Balaban J connectivity index is 0.00000784. The van der Waals surface area contributed by atoms with E-state index in [-0.39, 0.29) is 17.4 Å². The fourth-order valence-electron chi connectivity index (χ4n) is 3.52. The minimum absolute atomic E-state index is 0. The molecule has 1 unspecified atom stereocenters. The monoisotopic (exact) mass is 479 g/mol. The minimum atomic E-state index is -1.72. The lowest BCUT2D eigenvalue weighted by atomic mass is 10.2. The van der Waals surface area contributed by atoms with E-state index in [2.05, 4.69) is 66.7 Å². The van der Waals surface area contributed by atoms with Gasteiger partial charge in [0, 0.05) is 19.3 Å². The van der Waals surface area contributed by atoms with Crippen molar-refractivity contribution in [2.75, 3.05) is 19.0 Å². The zero-order chi connectivity index (χ0) is 21.4. The molecule has 0 saturated heterocycles. The Bertz CT molecular complexity index is 565. The topological polar surface area (TPSA) is 22.1 Å². The molecule has 1 atom stereocenters. The van der Waals surface area contributed by atoms with Crippen LogP contribution in [0.1, 0.15) is 96.4 Å². The summed E-state index contributed by atoms with van der Waals surface area (Å²) in [5.74, 6) is 0. The first-order valence-electron chi connectivity index (χ1n) is 11.4. The van der Waals surface area contributed by atoms with E-state index in [1.165, 1.54) is 61.6 Å². The van der Waals surface area contributed by atoms with Gasteiger partial charge >= 0.3 is 0 Å². The van der Waals surface area contributed by atoms with Crippen molar-refractivity contribution in [2.24, 2.45) is 0 Å². The van der Waals surface area contributed by atoms with Crippen LogP contribution in [0.3, 0.4) is 0 Å². The quantitative estimate of drug-likeness (QED) is 0.265. The maximum atomic E-state index is 6.44. The third kappa shape index (κ3) is 8.89. The molecule has 1 heterocycles. The van der Waals surface area contributed by atoms with Crippen LogP contribution in [0.25, 0.3) is 0 Å². The van der Waals surface area contributed by atoms with Crippen LogP contribution in [-0.4, -0.2) is 32.3 Å². The Kier molecular flexibility index (Phi) is 13.4. The van der Waals surface area contributed by atoms with Gasteiger partial charge in [-0.1, -0.05) is 60.8 Å².